The molecule has 2 aromatic rings. The second kappa shape index (κ2) is 5.29. The van der Waals surface area contributed by atoms with Gasteiger partial charge in [-0.25, -0.2) is 14.6 Å². The zero-order valence-electron chi connectivity index (χ0n) is 12.0. The summed E-state index contributed by atoms with van der Waals surface area (Å²) in [6, 6.07) is 0. The molecule has 0 bridgehead atoms. The summed E-state index contributed by atoms with van der Waals surface area (Å²) in [6.07, 6.45) is 2.46. The summed E-state index contributed by atoms with van der Waals surface area (Å²) in [5, 5.41) is 5.11. The van der Waals surface area contributed by atoms with Crippen LogP contribution in [0, 0.1) is 13.8 Å². The van der Waals surface area contributed by atoms with Crippen LogP contribution in [0.3, 0.4) is 0 Å². The molecule has 5 heteroatoms. The van der Waals surface area contributed by atoms with E-state index in [-0.39, 0.29) is 5.92 Å². The van der Waals surface area contributed by atoms with E-state index in [1.807, 2.05) is 11.6 Å². The highest BCUT2D eigenvalue weighted by Crippen LogP contribution is 2.28. The largest absolute Gasteiger partial charge is 0.224 e. The van der Waals surface area contributed by atoms with Gasteiger partial charge in [0.25, 0.3) is 0 Å². The maximum Gasteiger partial charge on any atom is 0.161 e. The number of hydrogen-bond acceptors (Lipinski definition) is 3. The summed E-state index contributed by atoms with van der Waals surface area (Å²) < 4.78 is 1.89. The first-order valence-electron chi connectivity index (χ1n) is 6.53. The maximum atomic E-state index is 6.21. The molecule has 0 N–H and O–H groups in total. The van der Waals surface area contributed by atoms with Crippen molar-refractivity contribution in [2.75, 3.05) is 0 Å². The van der Waals surface area contributed by atoms with Crippen LogP contribution in [0.15, 0.2) is 6.33 Å². The normalized spacial score (nSPS) is 11.3. The Hall–Kier alpha value is -1.42. The third kappa shape index (κ3) is 2.37. The van der Waals surface area contributed by atoms with Crippen LogP contribution in [0.4, 0.5) is 0 Å². The van der Waals surface area contributed by atoms with Crippen LogP contribution in [0.25, 0.3) is 5.82 Å². The second-order valence-corrected chi connectivity index (χ2v) is 5.33. The van der Waals surface area contributed by atoms with Crippen LogP contribution in [-0.4, -0.2) is 19.7 Å². The molecule has 0 aromatic carbocycles. The van der Waals surface area contributed by atoms with Crippen molar-refractivity contribution in [3.63, 3.8) is 0 Å². The molecule has 0 saturated carbocycles. The molecular formula is C14H19ClN4. The van der Waals surface area contributed by atoms with Gasteiger partial charge in [-0.1, -0.05) is 32.4 Å². The minimum absolute atomic E-state index is 0.248. The molecule has 2 aromatic heterocycles. The quantitative estimate of drug-likeness (QED) is 0.806. The summed E-state index contributed by atoms with van der Waals surface area (Å²) in [4.78, 5) is 8.46. The second-order valence-electron chi connectivity index (χ2n) is 4.97. The first-order chi connectivity index (χ1) is 8.97. The molecule has 0 atom stereocenters. The number of aromatic nitrogens is 4. The Kier molecular flexibility index (Phi) is 3.90. The lowest BCUT2D eigenvalue weighted by molar-refractivity contribution is 0.752. The molecule has 0 radical (unpaired) electrons. The first kappa shape index (κ1) is 14.0. The fraction of sp³-hybridized carbons (Fsp3) is 0.500. The van der Waals surface area contributed by atoms with Crippen LogP contribution in [0.5, 0.6) is 0 Å². The molecule has 2 heterocycles. The monoisotopic (exact) mass is 278 g/mol. The Bertz CT molecular complexity index is 602. The van der Waals surface area contributed by atoms with Gasteiger partial charge in [-0.3, -0.25) is 0 Å². The highest BCUT2D eigenvalue weighted by Gasteiger charge is 2.19. The van der Waals surface area contributed by atoms with Gasteiger partial charge in [-0.2, -0.15) is 5.10 Å². The SMILES string of the molecule is CCc1c(C)nn(-c2ncnc(Cl)c2C(C)C)c1C. The van der Waals surface area contributed by atoms with E-state index in [2.05, 4.69) is 42.8 Å². The summed E-state index contributed by atoms with van der Waals surface area (Å²) in [5.74, 6) is 1.04. The molecule has 0 amide bonds. The van der Waals surface area contributed by atoms with Crippen molar-refractivity contribution in [2.24, 2.45) is 0 Å². The molecule has 0 aliphatic rings. The zero-order chi connectivity index (χ0) is 14.2. The number of hydrogen-bond donors (Lipinski definition) is 0. The number of aryl methyl sites for hydroxylation is 1. The van der Waals surface area contributed by atoms with Gasteiger partial charge in [0.15, 0.2) is 5.82 Å². The predicted octanol–water partition coefficient (Wildman–Crippen LogP) is 3.62. The maximum absolute atomic E-state index is 6.21. The Labute approximate surface area is 118 Å². The minimum Gasteiger partial charge on any atom is -0.224 e. The molecule has 0 aliphatic heterocycles. The van der Waals surface area contributed by atoms with E-state index in [4.69, 9.17) is 11.6 Å². The van der Waals surface area contributed by atoms with E-state index in [1.165, 1.54) is 11.9 Å². The van der Waals surface area contributed by atoms with Crippen LogP contribution in [-0.2, 0) is 6.42 Å². The Morgan fingerprint density at radius 3 is 2.47 bits per heavy atom. The van der Waals surface area contributed by atoms with E-state index >= 15 is 0 Å². The number of halogens is 1. The predicted molar refractivity (Wildman–Crippen MR) is 77.1 cm³/mol. The van der Waals surface area contributed by atoms with Gasteiger partial charge < -0.3 is 0 Å². The lowest BCUT2D eigenvalue weighted by atomic mass is 10.1. The van der Waals surface area contributed by atoms with Gasteiger partial charge in [0.05, 0.1) is 5.69 Å². The fourth-order valence-electron chi connectivity index (χ4n) is 2.42. The van der Waals surface area contributed by atoms with E-state index in [1.54, 1.807) is 0 Å². The van der Waals surface area contributed by atoms with Crippen molar-refractivity contribution in [3.8, 4) is 5.82 Å². The smallest absolute Gasteiger partial charge is 0.161 e. The Morgan fingerprint density at radius 1 is 1.26 bits per heavy atom. The van der Waals surface area contributed by atoms with Gasteiger partial charge in [-0.05, 0) is 31.7 Å². The van der Waals surface area contributed by atoms with Crippen molar-refractivity contribution in [1.29, 1.82) is 0 Å². The van der Waals surface area contributed by atoms with E-state index in [0.717, 1.165) is 29.2 Å². The van der Waals surface area contributed by atoms with Crippen LogP contribution < -0.4 is 0 Å². The summed E-state index contributed by atoms with van der Waals surface area (Å²) >= 11 is 6.21. The molecule has 19 heavy (non-hydrogen) atoms. The molecular weight excluding hydrogens is 260 g/mol. The average molecular weight is 279 g/mol. The van der Waals surface area contributed by atoms with Crippen LogP contribution in [0.2, 0.25) is 5.15 Å². The highest BCUT2D eigenvalue weighted by atomic mass is 35.5. The molecule has 102 valence electrons. The molecule has 0 saturated heterocycles. The summed E-state index contributed by atoms with van der Waals surface area (Å²) in [6.45, 7) is 10.4. The van der Waals surface area contributed by atoms with Crippen molar-refractivity contribution < 1.29 is 0 Å². The molecule has 0 aliphatic carbocycles. The first-order valence-corrected chi connectivity index (χ1v) is 6.91. The van der Waals surface area contributed by atoms with Crippen molar-refractivity contribution >= 4 is 11.6 Å². The number of nitrogens with zero attached hydrogens (tertiary/aromatic N) is 4. The van der Waals surface area contributed by atoms with Crippen molar-refractivity contribution in [3.05, 3.63) is 34.0 Å². The fourth-order valence-corrected chi connectivity index (χ4v) is 2.77. The Balaban J connectivity index is 2.69. The van der Waals surface area contributed by atoms with Gasteiger partial charge in [0.1, 0.15) is 11.5 Å². The van der Waals surface area contributed by atoms with Crippen molar-refractivity contribution in [1.82, 2.24) is 19.7 Å². The lowest BCUT2D eigenvalue weighted by Crippen LogP contribution is -2.09. The minimum atomic E-state index is 0.248. The molecule has 0 spiro atoms. The standard InChI is InChI=1S/C14H19ClN4/c1-6-11-9(4)18-19(10(11)5)14-12(8(2)3)13(15)16-7-17-14/h7-8H,6H2,1-5H3. The molecule has 0 fully saturated rings. The van der Waals surface area contributed by atoms with Crippen molar-refractivity contribution in [2.45, 2.75) is 47.0 Å². The van der Waals surface area contributed by atoms with E-state index < -0.39 is 0 Å². The average Bonchev–Trinajstić information content (AvgIpc) is 2.63. The third-order valence-corrected chi connectivity index (χ3v) is 3.69. The molecule has 4 nitrogen and oxygen atoms in total. The third-order valence-electron chi connectivity index (χ3n) is 3.39. The zero-order valence-corrected chi connectivity index (χ0v) is 12.8. The van der Waals surface area contributed by atoms with Gasteiger partial charge in [0.2, 0.25) is 0 Å². The van der Waals surface area contributed by atoms with E-state index in [0.29, 0.717) is 5.15 Å². The summed E-state index contributed by atoms with van der Waals surface area (Å²) in [7, 11) is 0. The van der Waals surface area contributed by atoms with Gasteiger partial charge >= 0.3 is 0 Å². The van der Waals surface area contributed by atoms with Gasteiger partial charge in [-0.15, -0.1) is 0 Å². The topological polar surface area (TPSA) is 43.6 Å². The van der Waals surface area contributed by atoms with E-state index in [9.17, 15) is 0 Å². The highest BCUT2D eigenvalue weighted by molar-refractivity contribution is 6.30. The molecule has 0 unspecified atom stereocenters. The van der Waals surface area contributed by atoms with Crippen LogP contribution >= 0.6 is 11.6 Å². The molecule has 2 rings (SSSR count). The van der Waals surface area contributed by atoms with Crippen LogP contribution in [0.1, 0.15) is 49.2 Å². The number of rotatable bonds is 3. The lowest BCUT2D eigenvalue weighted by Gasteiger charge is -2.13. The summed E-state index contributed by atoms with van der Waals surface area (Å²) in [5.41, 5.74) is 4.38. The Morgan fingerprint density at radius 2 is 1.95 bits per heavy atom. The van der Waals surface area contributed by atoms with Gasteiger partial charge in [0, 0.05) is 11.3 Å².